The van der Waals surface area contributed by atoms with Crippen LogP contribution in [0.3, 0.4) is 0 Å². The zero-order valence-corrected chi connectivity index (χ0v) is 10.9. The van der Waals surface area contributed by atoms with Crippen molar-refractivity contribution in [3.05, 3.63) is 24.3 Å². The van der Waals surface area contributed by atoms with Crippen molar-refractivity contribution in [2.24, 2.45) is 5.92 Å². The molecule has 18 heavy (non-hydrogen) atoms. The van der Waals surface area contributed by atoms with Crippen molar-refractivity contribution in [3.63, 3.8) is 0 Å². The Bertz CT molecular complexity index is 539. The smallest absolute Gasteiger partial charge is 0.254 e. The highest BCUT2D eigenvalue weighted by molar-refractivity contribution is 5.29. The number of nitrogens with zero attached hydrogens (tertiary/aromatic N) is 4. The van der Waals surface area contributed by atoms with Gasteiger partial charge < -0.3 is 5.32 Å². The van der Waals surface area contributed by atoms with Gasteiger partial charge in [-0.1, -0.05) is 13.8 Å². The van der Waals surface area contributed by atoms with E-state index in [9.17, 15) is 0 Å². The summed E-state index contributed by atoms with van der Waals surface area (Å²) in [6.45, 7) is 6.71. The molecule has 1 aliphatic heterocycles. The number of hydrogen-bond acceptors (Lipinski definition) is 4. The summed E-state index contributed by atoms with van der Waals surface area (Å²) in [7, 11) is 0. The number of fused-ring (bicyclic) bond motifs is 1. The highest BCUT2D eigenvalue weighted by Gasteiger charge is 2.36. The van der Waals surface area contributed by atoms with E-state index in [4.69, 9.17) is 0 Å². The second-order valence-corrected chi connectivity index (χ2v) is 5.58. The van der Waals surface area contributed by atoms with E-state index >= 15 is 0 Å². The molecule has 0 radical (unpaired) electrons. The molecular weight excluding hydrogens is 226 g/mol. The zero-order valence-electron chi connectivity index (χ0n) is 10.9. The maximum Gasteiger partial charge on any atom is 0.254 e. The number of piperidine rings is 1. The lowest BCUT2D eigenvalue weighted by Gasteiger charge is -2.35. The average Bonchev–Trinajstić information content (AvgIpc) is 2.84. The predicted octanol–water partition coefficient (Wildman–Crippen LogP) is 1.40. The average molecular weight is 245 g/mol. The van der Waals surface area contributed by atoms with Crippen LogP contribution in [0.2, 0.25) is 0 Å². The van der Waals surface area contributed by atoms with Crippen LogP contribution in [0.4, 0.5) is 0 Å². The molecule has 0 amide bonds. The second-order valence-electron chi connectivity index (χ2n) is 5.58. The van der Waals surface area contributed by atoms with E-state index in [1.165, 1.54) is 12.8 Å². The predicted molar refractivity (Wildman–Crippen MR) is 69.4 cm³/mol. The summed E-state index contributed by atoms with van der Waals surface area (Å²) < 4.78 is 2.01. The van der Waals surface area contributed by atoms with E-state index in [0.717, 1.165) is 18.9 Å². The third-order valence-corrected chi connectivity index (χ3v) is 4.08. The topological polar surface area (TPSA) is 55.1 Å². The van der Waals surface area contributed by atoms with E-state index in [2.05, 4.69) is 34.3 Å². The highest BCUT2D eigenvalue weighted by atomic mass is 15.3. The Morgan fingerprint density at radius 2 is 2.28 bits per heavy atom. The summed E-state index contributed by atoms with van der Waals surface area (Å²) in [5.74, 6) is 2.29. The molecule has 3 heterocycles. The Kier molecular flexibility index (Phi) is 2.78. The van der Waals surface area contributed by atoms with Gasteiger partial charge in [0.15, 0.2) is 0 Å². The Labute approximate surface area is 107 Å². The Morgan fingerprint density at radius 3 is 3.06 bits per heavy atom. The van der Waals surface area contributed by atoms with Crippen LogP contribution in [-0.2, 0) is 5.41 Å². The van der Waals surface area contributed by atoms with E-state index in [1.54, 1.807) is 6.20 Å². The Hall–Kier alpha value is -1.49. The molecule has 3 rings (SSSR count). The molecule has 0 spiro atoms. The normalized spacial score (nSPS) is 21.3. The van der Waals surface area contributed by atoms with Crippen molar-refractivity contribution < 1.29 is 0 Å². The first-order chi connectivity index (χ1) is 8.69. The minimum absolute atomic E-state index is 0.00979. The van der Waals surface area contributed by atoms with Crippen molar-refractivity contribution >= 4 is 5.78 Å². The molecule has 1 saturated heterocycles. The molecule has 2 aromatic rings. The van der Waals surface area contributed by atoms with Gasteiger partial charge in [0.1, 0.15) is 5.82 Å². The van der Waals surface area contributed by atoms with E-state index in [0.29, 0.717) is 11.7 Å². The molecule has 5 nitrogen and oxygen atoms in total. The SMILES string of the molecule is CC(C)(c1nnc2ncccn12)C1CCCNC1. The molecule has 1 N–H and O–H groups in total. The lowest BCUT2D eigenvalue weighted by molar-refractivity contribution is 0.240. The van der Waals surface area contributed by atoms with Gasteiger partial charge in [0, 0.05) is 17.8 Å². The van der Waals surface area contributed by atoms with Crippen LogP contribution in [0.5, 0.6) is 0 Å². The van der Waals surface area contributed by atoms with Gasteiger partial charge in [-0.15, -0.1) is 10.2 Å². The van der Waals surface area contributed by atoms with Crippen LogP contribution < -0.4 is 5.32 Å². The lowest BCUT2D eigenvalue weighted by Crippen LogP contribution is -2.41. The van der Waals surface area contributed by atoms with Gasteiger partial charge in [-0.25, -0.2) is 4.98 Å². The fourth-order valence-electron chi connectivity index (χ4n) is 2.83. The Balaban J connectivity index is 2.01. The summed E-state index contributed by atoms with van der Waals surface area (Å²) in [6.07, 6.45) is 6.23. The van der Waals surface area contributed by atoms with Crippen LogP contribution >= 0.6 is 0 Å². The molecule has 1 aliphatic rings. The quantitative estimate of drug-likeness (QED) is 0.869. The molecule has 1 atom stereocenters. The summed E-state index contributed by atoms with van der Waals surface area (Å²) in [6, 6.07) is 1.93. The summed E-state index contributed by atoms with van der Waals surface area (Å²) in [4.78, 5) is 4.23. The van der Waals surface area contributed by atoms with Gasteiger partial charge in [0.25, 0.3) is 5.78 Å². The highest BCUT2D eigenvalue weighted by Crippen LogP contribution is 2.34. The summed E-state index contributed by atoms with van der Waals surface area (Å²) in [5, 5.41) is 12.0. The van der Waals surface area contributed by atoms with Gasteiger partial charge in [-0.05, 0) is 37.9 Å². The molecular formula is C13H19N5. The molecule has 1 fully saturated rings. The van der Waals surface area contributed by atoms with Gasteiger partial charge in [-0.3, -0.25) is 4.40 Å². The first-order valence-electron chi connectivity index (χ1n) is 6.56. The van der Waals surface area contributed by atoms with Crippen LogP contribution in [0.1, 0.15) is 32.5 Å². The largest absolute Gasteiger partial charge is 0.316 e. The van der Waals surface area contributed by atoms with Gasteiger partial charge in [0.2, 0.25) is 0 Å². The van der Waals surface area contributed by atoms with E-state index in [1.807, 2.05) is 16.7 Å². The fraction of sp³-hybridized carbons (Fsp3) is 0.615. The number of rotatable bonds is 2. The van der Waals surface area contributed by atoms with Gasteiger partial charge in [0.05, 0.1) is 0 Å². The summed E-state index contributed by atoms with van der Waals surface area (Å²) >= 11 is 0. The molecule has 0 saturated carbocycles. The van der Waals surface area contributed by atoms with Gasteiger partial charge in [-0.2, -0.15) is 0 Å². The fourth-order valence-corrected chi connectivity index (χ4v) is 2.83. The third kappa shape index (κ3) is 1.79. The second kappa shape index (κ2) is 4.31. The summed E-state index contributed by atoms with van der Waals surface area (Å²) in [5.41, 5.74) is 0.00979. The van der Waals surface area contributed by atoms with Crippen LogP contribution in [-0.4, -0.2) is 32.7 Å². The number of nitrogens with one attached hydrogen (secondary N) is 1. The van der Waals surface area contributed by atoms with Crippen molar-refractivity contribution in [3.8, 4) is 0 Å². The van der Waals surface area contributed by atoms with Crippen molar-refractivity contribution in [2.45, 2.75) is 32.1 Å². The van der Waals surface area contributed by atoms with Crippen LogP contribution in [0.15, 0.2) is 18.5 Å². The van der Waals surface area contributed by atoms with Crippen molar-refractivity contribution in [2.75, 3.05) is 13.1 Å². The van der Waals surface area contributed by atoms with Crippen LogP contribution in [0, 0.1) is 5.92 Å². The third-order valence-electron chi connectivity index (χ3n) is 4.08. The minimum Gasteiger partial charge on any atom is -0.316 e. The maximum atomic E-state index is 4.36. The lowest BCUT2D eigenvalue weighted by atomic mass is 9.74. The van der Waals surface area contributed by atoms with Crippen LogP contribution in [0.25, 0.3) is 5.78 Å². The number of hydrogen-bond donors (Lipinski definition) is 1. The molecule has 96 valence electrons. The van der Waals surface area contributed by atoms with E-state index in [-0.39, 0.29) is 5.41 Å². The molecule has 5 heteroatoms. The van der Waals surface area contributed by atoms with Crippen molar-refractivity contribution in [1.82, 2.24) is 24.9 Å². The first-order valence-corrected chi connectivity index (χ1v) is 6.56. The molecule has 0 aliphatic carbocycles. The van der Waals surface area contributed by atoms with Gasteiger partial charge >= 0.3 is 0 Å². The van der Waals surface area contributed by atoms with E-state index < -0.39 is 0 Å². The maximum absolute atomic E-state index is 4.36. The zero-order chi connectivity index (χ0) is 12.6. The Morgan fingerprint density at radius 1 is 1.39 bits per heavy atom. The van der Waals surface area contributed by atoms with Crippen molar-refractivity contribution in [1.29, 1.82) is 0 Å². The molecule has 2 aromatic heterocycles. The molecule has 0 bridgehead atoms. The standard InChI is InChI=1S/C13H19N5/c1-13(2,10-5-3-6-14-9-10)11-16-17-12-15-7-4-8-18(11)12/h4,7-8,10,14H,3,5-6,9H2,1-2H3. The first kappa shape index (κ1) is 11.6. The monoisotopic (exact) mass is 245 g/mol. The minimum atomic E-state index is 0.00979. The number of aromatic nitrogens is 4. The molecule has 1 unspecified atom stereocenters. The molecule has 0 aromatic carbocycles.